The first-order valence-corrected chi connectivity index (χ1v) is 30.5. The fraction of sp³-hybridized carbons (Fsp3) is 0.969. The Morgan fingerprint density at radius 3 is 0.987 bits per heavy atom. The zero-order valence-corrected chi connectivity index (χ0v) is 56.4. The van der Waals surface area contributed by atoms with Gasteiger partial charge in [0.2, 0.25) is 0 Å². The standard InChI is InChI=1S/C11H24O2.C10H20O3.C10H22O2.C9H20O.C8H18O2.C8H16O2.C8H18O/c1-10(2)6-5-7-12-8-9-13-11(3)4;1-8(2)7-10(11)13-6-5-12-9(3)4;1-9(2)5-6-11-7-8-12-10(3)4;1-8(2)6-5-7-10-9(3)4;1-6(2)8(9)5-10-7(3)4;1-6(2)5-8(9)10-7(3)4;1-7(2)5-6-9-8(3)4/h10-11H,5-9H2,1-4H3;8-9H,5-7H2,1-4H3;9-10H,5-8H2,1-4H3;8-9H,5-7H2,1-4H3;6-9H,5H2,1-4H3;6-7H,5H2,1-4H3;7-8H,5-6H2,1-4H3. The Labute approximate surface area is 480 Å². The van der Waals surface area contributed by atoms with E-state index in [2.05, 4.69) is 83.1 Å². The van der Waals surface area contributed by atoms with E-state index in [9.17, 15) is 14.7 Å². The molecule has 0 saturated heterocycles. The van der Waals surface area contributed by atoms with Gasteiger partial charge in [-0.15, -0.1) is 0 Å². The van der Waals surface area contributed by atoms with Crippen LogP contribution in [-0.2, 0) is 57.0 Å². The van der Waals surface area contributed by atoms with Crippen LogP contribution in [0.4, 0.5) is 0 Å². The zero-order valence-electron chi connectivity index (χ0n) is 56.4. The van der Waals surface area contributed by atoms with Crippen LogP contribution in [0.3, 0.4) is 0 Å². The van der Waals surface area contributed by atoms with Gasteiger partial charge in [-0.05, 0) is 177 Å². The van der Waals surface area contributed by atoms with E-state index in [1.54, 1.807) is 0 Å². The molecule has 0 aromatic carbocycles. The van der Waals surface area contributed by atoms with Crippen molar-refractivity contribution in [1.82, 2.24) is 0 Å². The Bertz CT molecular complexity index is 1070. The van der Waals surface area contributed by atoms with E-state index < -0.39 is 0 Å². The molecule has 0 bridgehead atoms. The number of esters is 2. The van der Waals surface area contributed by atoms with Crippen LogP contribution < -0.4 is 0 Å². The van der Waals surface area contributed by atoms with Crippen molar-refractivity contribution in [2.24, 2.45) is 41.4 Å². The van der Waals surface area contributed by atoms with Crippen molar-refractivity contribution in [1.29, 1.82) is 0 Å². The maximum Gasteiger partial charge on any atom is 0.306 e. The third-order valence-electron chi connectivity index (χ3n) is 9.48. The third kappa shape index (κ3) is 114. The van der Waals surface area contributed by atoms with Gasteiger partial charge >= 0.3 is 11.9 Å². The summed E-state index contributed by atoms with van der Waals surface area (Å²) in [6, 6.07) is 0. The van der Waals surface area contributed by atoms with Crippen molar-refractivity contribution >= 4 is 11.9 Å². The molecule has 0 aliphatic carbocycles. The molecular formula is C64H138O13. The second-order valence-corrected chi connectivity index (χ2v) is 24.4. The lowest BCUT2D eigenvalue weighted by molar-refractivity contribution is -0.148. The SMILES string of the molecule is CC(C)CC(=O)OC(C)C.CC(C)CC(=O)OCCOC(C)C.CC(C)CCCOC(C)C.CC(C)CCCOCCOC(C)C.CC(C)CCOC(C)C.CC(C)CCOCCOC(C)C.CC(C)OCC(O)C(C)C. The molecule has 0 heterocycles. The fourth-order valence-corrected chi connectivity index (χ4v) is 5.11. The van der Waals surface area contributed by atoms with Crippen molar-refractivity contribution in [2.75, 3.05) is 72.7 Å². The lowest BCUT2D eigenvalue weighted by Crippen LogP contribution is -2.23. The van der Waals surface area contributed by atoms with Crippen LogP contribution in [0.2, 0.25) is 0 Å². The van der Waals surface area contributed by atoms with Crippen LogP contribution in [0, 0.1) is 41.4 Å². The molecule has 0 aromatic rings. The van der Waals surface area contributed by atoms with Crippen molar-refractivity contribution in [3.63, 3.8) is 0 Å². The Morgan fingerprint density at radius 1 is 0.312 bits per heavy atom. The number of carbonyl (C=O) groups is 2. The summed E-state index contributed by atoms with van der Waals surface area (Å²) in [5.41, 5.74) is 0. The van der Waals surface area contributed by atoms with E-state index in [0.717, 1.165) is 82.9 Å². The lowest BCUT2D eigenvalue weighted by Gasteiger charge is -2.15. The third-order valence-corrected chi connectivity index (χ3v) is 9.48. The Hall–Kier alpha value is -1.42. The van der Waals surface area contributed by atoms with E-state index >= 15 is 0 Å². The van der Waals surface area contributed by atoms with Gasteiger partial charge in [-0.1, -0.05) is 96.9 Å². The summed E-state index contributed by atoms with van der Waals surface area (Å²) in [5, 5.41) is 9.25. The maximum absolute atomic E-state index is 11.0. The molecule has 472 valence electrons. The van der Waals surface area contributed by atoms with E-state index in [-0.39, 0.29) is 36.4 Å². The second kappa shape index (κ2) is 65.4. The predicted molar refractivity (Wildman–Crippen MR) is 327 cm³/mol. The average molecular weight is 1120 g/mol. The lowest BCUT2D eigenvalue weighted by atomic mass is 10.1. The molecule has 0 spiro atoms. The molecule has 13 heteroatoms. The number of rotatable bonds is 37. The largest absolute Gasteiger partial charge is 0.463 e. The first-order chi connectivity index (χ1) is 35.6. The van der Waals surface area contributed by atoms with Gasteiger partial charge in [-0.2, -0.15) is 0 Å². The molecule has 0 rings (SSSR count). The van der Waals surface area contributed by atoms with E-state index in [1.807, 2.05) is 111 Å². The highest BCUT2D eigenvalue weighted by Gasteiger charge is 2.10. The van der Waals surface area contributed by atoms with Crippen molar-refractivity contribution in [3.05, 3.63) is 0 Å². The molecule has 1 N–H and O–H groups in total. The Kier molecular flexibility index (Phi) is 75.9. The van der Waals surface area contributed by atoms with Gasteiger partial charge in [0.05, 0.1) is 88.5 Å². The van der Waals surface area contributed by atoms with Crippen LogP contribution >= 0.6 is 0 Å². The number of aliphatic hydroxyl groups excluding tert-OH is 1. The van der Waals surface area contributed by atoms with Gasteiger partial charge in [0.15, 0.2) is 0 Å². The summed E-state index contributed by atoms with van der Waals surface area (Å²) < 4.78 is 52.5. The first kappa shape index (κ1) is 89.4. The topological polar surface area (TPSA) is 147 Å². The summed E-state index contributed by atoms with van der Waals surface area (Å²) >= 11 is 0. The number of carbonyl (C=O) groups excluding carboxylic acids is 2. The Balaban J connectivity index is -0.000000149. The molecule has 1 atom stereocenters. The second-order valence-electron chi connectivity index (χ2n) is 24.4. The van der Waals surface area contributed by atoms with Crippen LogP contribution in [0.15, 0.2) is 0 Å². The van der Waals surface area contributed by atoms with Crippen molar-refractivity contribution in [2.45, 2.75) is 294 Å². The van der Waals surface area contributed by atoms with Crippen LogP contribution in [0.1, 0.15) is 245 Å². The molecule has 0 amide bonds. The number of aliphatic hydroxyl groups is 1. The summed E-state index contributed by atoms with van der Waals surface area (Å²) in [6.45, 7) is 65.5. The number of ether oxygens (including phenoxy) is 10. The highest BCUT2D eigenvalue weighted by atomic mass is 16.6. The molecule has 0 radical (unpaired) electrons. The zero-order chi connectivity index (χ0) is 61.3. The summed E-state index contributed by atoms with van der Waals surface area (Å²) in [5.74, 6) is 3.92. The molecule has 0 saturated carbocycles. The minimum Gasteiger partial charge on any atom is -0.463 e. The summed E-state index contributed by atoms with van der Waals surface area (Å²) in [6.07, 6.45) is 9.78. The molecule has 1 unspecified atom stereocenters. The van der Waals surface area contributed by atoms with Crippen LogP contribution in [-0.4, -0.2) is 139 Å². The number of hydrogen-bond acceptors (Lipinski definition) is 13. The summed E-state index contributed by atoms with van der Waals surface area (Å²) in [7, 11) is 0. The molecule has 13 nitrogen and oxygen atoms in total. The Morgan fingerprint density at radius 2 is 0.636 bits per heavy atom. The highest BCUT2D eigenvalue weighted by Crippen LogP contribution is 2.07. The van der Waals surface area contributed by atoms with E-state index in [4.69, 9.17) is 47.4 Å². The molecule has 0 aromatic heterocycles. The van der Waals surface area contributed by atoms with E-state index in [1.165, 1.54) is 32.1 Å². The molecule has 0 aliphatic rings. The van der Waals surface area contributed by atoms with Gasteiger partial charge in [0.1, 0.15) is 6.61 Å². The minimum atomic E-state index is -0.317. The van der Waals surface area contributed by atoms with Crippen LogP contribution in [0.5, 0.6) is 0 Å². The van der Waals surface area contributed by atoms with Crippen LogP contribution in [0.25, 0.3) is 0 Å². The highest BCUT2D eigenvalue weighted by molar-refractivity contribution is 5.69. The van der Waals surface area contributed by atoms with Gasteiger partial charge < -0.3 is 52.5 Å². The van der Waals surface area contributed by atoms with Crippen molar-refractivity contribution < 1.29 is 62.1 Å². The van der Waals surface area contributed by atoms with Gasteiger partial charge in [0, 0.05) is 39.3 Å². The normalized spacial score (nSPS) is 11.7. The quantitative estimate of drug-likeness (QED) is 0.0465. The van der Waals surface area contributed by atoms with Gasteiger partial charge in [-0.3, -0.25) is 9.59 Å². The number of hydrogen-bond donors (Lipinski definition) is 1. The fourth-order valence-electron chi connectivity index (χ4n) is 5.11. The maximum atomic E-state index is 11.0. The molecular weight excluding hydrogens is 977 g/mol. The predicted octanol–water partition coefficient (Wildman–Crippen LogP) is 16.1. The summed E-state index contributed by atoms with van der Waals surface area (Å²) in [4.78, 5) is 21.9. The molecule has 0 fully saturated rings. The first-order valence-electron chi connectivity index (χ1n) is 30.5. The van der Waals surface area contributed by atoms with Crippen molar-refractivity contribution in [3.8, 4) is 0 Å². The molecule has 77 heavy (non-hydrogen) atoms. The smallest absolute Gasteiger partial charge is 0.306 e. The van der Waals surface area contributed by atoms with Gasteiger partial charge in [-0.25, -0.2) is 0 Å². The van der Waals surface area contributed by atoms with Gasteiger partial charge in [0.25, 0.3) is 0 Å². The minimum absolute atomic E-state index is 0.0197. The average Bonchev–Trinajstić information content (AvgIpc) is 3.26. The van der Waals surface area contributed by atoms with E-state index in [0.29, 0.717) is 74.8 Å². The molecule has 0 aliphatic heterocycles. The monoisotopic (exact) mass is 1120 g/mol.